The van der Waals surface area contributed by atoms with Gasteiger partial charge in [0.15, 0.2) is 0 Å². The summed E-state index contributed by atoms with van der Waals surface area (Å²) in [5.41, 5.74) is 0.842. The fourth-order valence-electron chi connectivity index (χ4n) is 3.37. The molecule has 0 bridgehead atoms. The van der Waals surface area contributed by atoms with E-state index in [4.69, 9.17) is 9.47 Å². The summed E-state index contributed by atoms with van der Waals surface area (Å²) in [6.45, 7) is 0.916. The first kappa shape index (κ1) is 22.0. The minimum Gasteiger partial charge on any atom is -0.457 e. The van der Waals surface area contributed by atoms with Gasteiger partial charge in [0.25, 0.3) is 5.91 Å². The van der Waals surface area contributed by atoms with Crippen LogP contribution in [0.25, 0.3) is 0 Å². The largest absolute Gasteiger partial charge is 0.457 e. The Morgan fingerprint density at radius 3 is 2.41 bits per heavy atom. The number of nitrogens with one attached hydrogen (secondary N) is 2. The number of sulfonamides is 1. The van der Waals surface area contributed by atoms with E-state index in [1.807, 2.05) is 18.2 Å². The molecule has 1 atom stereocenters. The maximum absolute atomic E-state index is 12.8. The molecular formula is C24H24N2O5S. The number of anilines is 1. The summed E-state index contributed by atoms with van der Waals surface area (Å²) in [4.78, 5) is 12.9. The van der Waals surface area contributed by atoms with Gasteiger partial charge in [0.1, 0.15) is 11.5 Å². The van der Waals surface area contributed by atoms with E-state index < -0.39 is 10.0 Å². The molecule has 1 saturated heterocycles. The molecule has 2 N–H and O–H groups in total. The molecule has 3 aromatic carbocycles. The second kappa shape index (κ2) is 9.95. The Kier molecular flexibility index (Phi) is 6.84. The van der Waals surface area contributed by atoms with E-state index in [1.165, 1.54) is 12.1 Å². The highest BCUT2D eigenvalue weighted by Gasteiger charge is 2.20. The Morgan fingerprint density at radius 2 is 1.69 bits per heavy atom. The highest BCUT2D eigenvalue weighted by molar-refractivity contribution is 7.89. The van der Waals surface area contributed by atoms with E-state index in [0.717, 1.165) is 12.8 Å². The molecule has 1 aliphatic heterocycles. The number of carbonyl (C=O) groups excluding carboxylic acids is 1. The quantitative estimate of drug-likeness (QED) is 0.535. The lowest BCUT2D eigenvalue weighted by Crippen LogP contribution is -2.31. The molecule has 0 aliphatic carbocycles. The molecule has 0 saturated carbocycles. The van der Waals surface area contributed by atoms with Crippen molar-refractivity contribution >= 4 is 21.6 Å². The summed E-state index contributed by atoms with van der Waals surface area (Å²) >= 11 is 0. The first-order valence-electron chi connectivity index (χ1n) is 10.4. The van der Waals surface area contributed by atoms with Gasteiger partial charge in [0.05, 0.1) is 16.6 Å². The van der Waals surface area contributed by atoms with Gasteiger partial charge in [-0.1, -0.05) is 30.3 Å². The lowest BCUT2D eigenvalue weighted by Gasteiger charge is -2.13. The first-order chi connectivity index (χ1) is 15.5. The Balaban J connectivity index is 1.42. The third kappa shape index (κ3) is 5.53. The van der Waals surface area contributed by atoms with Gasteiger partial charge in [0, 0.05) is 18.8 Å². The van der Waals surface area contributed by atoms with Crippen molar-refractivity contribution in [3.05, 3.63) is 84.4 Å². The molecule has 166 valence electrons. The van der Waals surface area contributed by atoms with Crippen LogP contribution in [-0.4, -0.2) is 33.6 Å². The summed E-state index contributed by atoms with van der Waals surface area (Å²) in [5, 5.41) is 2.79. The average Bonchev–Trinajstić information content (AvgIpc) is 3.33. The van der Waals surface area contributed by atoms with Gasteiger partial charge in [-0.25, -0.2) is 13.1 Å². The van der Waals surface area contributed by atoms with Crippen LogP contribution in [0.5, 0.6) is 11.5 Å². The molecule has 0 aromatic heterocycles. The molecule has 1 aliphatic rings. The highest BCUT2D eigenvalue weighted by Crippen LogP contribution is 2.26. The summed E-state index contributed by atoms with van der Waals surface area (Å²) < 4.78 is 38.9. The van der Waals surface area contributed by atoms with Crippen LogP contribution in [0.15, 0.2) is 83.8 Å². The summed E-state index contributed by atoms with van der Waals surface area (Å²) in [7, 11) is -3.65. The summed E-state index contributed by atoms with van der Waals surface area (Å²) in [5.74, 6) is 0.690. The predicted molar refractivity (Wildman–Crippen MR) is 122 cm³/mol. The Labute approximate surface area is 187 Å². The molecule has 8 heteroatoms. The molecule has 3 aromatic rings. The summed E-state index contributed by atoms with van der Waals surface area (Å²) in [6, 6.07) is 22.2. The van der Waals surface area contributed by atoms with Gasteiger partial charge in [-0.15, -0.1) is 0 Å². The van der Waals surface area contributed by atoms with E-state index in [1.54, 1.807) is 48.5 Å². The van der Waals surface area contributed by atoms with Crippen LogP contribution in [0.1, 0.15) is 23.2 Å². The Hall–Kier alpha value is -3.20. The van der Waals surface area contributed by atoms with Crippen molar-refractivity contribution in [3.8, 4) is 11.5 Å². The van der Waals surface area contributed by atoms with Crippen molar-refractivity contribution in [2.24, 2.45) is 0 Å². The molecule has 0 radical (unpaired) electrons. The fourth-order valence-corrected chi connectivity index (χ4v) is 4.43. The van der Waals surface area contributed by atoms with Crippen LogP contribution in [0.2, 0.25) is 0 Å². The third-order valence-corrected chi connectivity index (χ3v) is 6.49. The average molecular weight is 453 g/mol. The van der Waals surface area contributed by atoms with Crippen LogP contribution < -0.4 is 14.8 Å². The zero-order chi connectivity index (χ0) is 22.4. The summed E-state index contributed by atoms with van der Waals surface area (Å²) in [6.07, 6.45) is 1.71. The maximum atomic E-state index is 12.8. The predicted octanol–water partition coefficient (Wildman–Crippen LogP) is 4.19. The molecule has 0 spiro atoms. The Morgan fingerprint density at radius 1 is 0.969 bits per heavy atom. The van der Waals surface area contributed by atoms with Crippen molar-refractivity contribution in [1.29, 1.82) is 0 Å². The minimum absolute atomic E-state index is 0.0819. The zero-order valence-corrected chi connectivity index (χ0v) is 18.2. The zero-order valence-electron chi connectivity index (χ0n) is 17.4. The number of para-hydroxylation sites is 2. The highest BCUT2D eigenvalue weighted by atomic mass is 32.2. The van der Waals surface area contributed by atoms with Crippen LogP contribution in [0.3, 0.4) is 0 Å². The molecule has 4 rings (SSSR count). The van der Waals surface area contributed by atoms with Gasteiger partial charge < -0.3 is 14.8 Å². The molecule has 1 amide bonds. The SMILES string of the molecule is O=C(Nc1ccc(S(=O)(=O)NC[C@@H]2CCCO2)cc1)c1ccccc1Oc1ccccc1. The number of rotatable bonds is 8. The van der Waals surface area contributed by atoms with Crippen molar-refractivity contribution in [1.82, 2.24) is 4.72 Å². The van der Waals surface area contributed by atoms with Crippen molar-refractivity contribution < 1.29 is 22.7 Å². The lowest BCUT2D eigenvalue weighted by molar-refractivity contribution is 0.102. The van der Waals surface area contributed by atoms with Crippen molar-refractivity contribution in [2.45, 2.75) is 23.8 Å². The molecule has 7 nitrogen and oxygen atoms in total. The number of hydrogen-bond donors (Lipinski definition) is 2. The van der Waals surface area contributed by atoms with Crippen LogP contribution in [-0.2, 0) is 14.8 Å². The van der Waals surface area contributed by atoms with Crippen molar-refractivity contribution in [3.63, 3.8) is 0 Å². The molecule has 0 unspecified atom stereocenters. The normalized spacial score (nSPS) is 15.9. The first-order valence-corrected chi connectivity index (χ1v) is 11.8. The van der Waals surface area contributed by atoms with E-state index in [9.17, 15) is 13.2 Å². The second-order valence-corrected chi connectivity index (χ2v) is 9.14. The fraction of sp³-hybridized carbons (Fsp3) is 0.208. The maximum Gasteiger partial charge on any atom is 0.259 e. The minimum atomic E-state index is -3.65. The number of hydrogen-bond acceptors (Lipinski definition) is 5. The van der Waals surface area contributed by atoms with Crippen LogP contribution >= 0.6 is 0 Å². The smallest absolute Gasteiger partial charge is 0.259 e. The third-order valence-electron chi connectivity index (χ3n) is 5.05. The van der Waals surface area contributed by atoms with Crippen LogP contribution in [0.4, 0.5) is 5.69 Å². The molecular weight excluding hydrogens is 428 g/mol. The second-order valence-electron chi connectivity index (χ2n) is 7.38. The van der Waals surface area contributed by atoms with Gasteiger partial charge in [-0.05, 0) is 61.4 Å². The molecule has 1 fully saturated rings. The van der Waals surface area contributed by atoms with Gasteiger partial charge in [-0.3, -0.25) is 4.79 Å². The lowest BCUT2D eigenvalue weighted by atomic mass is 10.2. The topological polar surface area (TPSA) is 93.7 Å². The molecule has 32 heavy (non-hydrogen) atoms. The number of amides is 1. The molecule has 1 heterocycles. The van der Waals surface area contributed by atoms with Gasteiger partial charge in [0.2, 0.25) is 10.0 Å². The number of ether oxygens (including phenoxy) is 2. The van der Waals surface area contributed by atoms with E-state index >= 15 is 0 Å². The van der Waals surface area contributed by atoms with E-state index in [2.05, 4.69) is 10.0 Å². The van der Waals surface area contributed by atoms with Gasteiger partial charge in [-0.2, -0.15) is 0 Å². The number of carbonyl (C=O) groups is 1. The van der Waals surface area contributed by atoms with Crippen LogP contribution in [0, 0.1) is 0 Å². The Bertz CT molecular complexity index is 1160. The monoisotopic (exact) mass is 452 g/mol. The number of benzene rings is 3. The van der Waals surface area contributed by atoms with Crippen molar-refractivity contribution in [2.75, 3.05) is 18.5 Å². The van der Waals surface area contributed by atoms with E-state index in [-0.39, 0.29) is 23.5 Å². The van der Waals surface area contributed by atoms with E-state index in [0.29, 0.717) is 29.4 Å². The van der Waals surface area contributed by atoms with Gasteiger partial charge >= 0.3 is 0 Å². The standard InChI is InChI=1S/C24H24N2O5S/c27-24(22-10-4-5-11-23(22)31-19-7-2-1-3-8-19)26-18-12-14-21(15-13-18)32(28,29)25-17-20-9-6-16-30-20/h1-5,7-8,10-15,20,25H,6,9,16-17H2,(H,26,27)/t20-/m0/s1.